The summed E-state index contributed by atoms with van der Waals surface area (Å²) < 4.78 is 10.4. The van der Waals surface area contributed by atoms with Crippen molar-refractivity contribution in [2.75, 3.05) is 7.11 Å². The van der Waals surface area contributed by atoms with Crippen LogP contribution >= 0.6 is 0 Å². The Morgan fingerprint density at radius 1 is 1.00 bits per heavy atom. The zero-order valence-electron chi connectivity index (χ0n) is 16.2. The van der Waals surface area contributed by atoms with Gasteiger partial charge in [0, 0.05) is 11.6 Å². The van der Waals surface area contributed by atoms with Crippen molar-refractivity contribution in [2.24, 2.45) is 0 Å². The molecule has 0 fully saturated rings. The van der Waals surface area contributed by atoms with Crippen molar-refractivity contribution >= 4 is 17.9 Å². The second kappa shape index (κ2) is 9.41. The third kappa shape index (κ3) is 5.35. The van der Waals surface area contributed by atoms with Crippen LogP contribution in [0.25, 0.3) is 6.08 Å². The number of benzene rings is 2. The van der Waals surface area contributed by atoms with Crippen LogP contribution in [0.2, 0.25) is 0 Å². The molecule has 6 nitrogen and oxygen atoms in total. The lowest BCUT2D eigenvalue weighted by Gasteiger charge is -2.16. The number of carbonyl (C=O) groups is 2. The normalized spacial score (nSPS) is 12.1. The molecule has 2 amide bonds. The van der Waals surface area contributed by atoms with Gasteiger partial charge in [0.2, 0.25) is 0 Å². The van der Waals surface area contributed by atoms with Crippen molar-refractivity contribution in [1.29, 1.82) is 0 Å². The lowest BCUT2D eigenvalue weighted by Crippen LogP contribution is -2.36. The molecule has 1 aromatic heterocycles. The van der Waals surface area contributed by atoms with Crippen molar-refractivity contribution in [1.82, 2.24) is 10.6 Å². The van der Waals surface area contributed by atoms with Crippen LogP contribution in [-0.4, -0.2) is 18.9 Å². The van der Waals surface area contributed by atoms with Gasteiger partial charge in [0.25, 0.3) is 11.8 Å². The Kier molecular flexibility index (Phi) is 6.47. The molecule has 0 aliphatic rings. The number of hydrogen-bond donors (Lipinski definition) is 2. The average molecular weight is 390 g/mol. The molecule has 3 aromatic rings. The smallest absolute Gasteiger partial charge is 0.268 e. The van der Waals surface area contributed by atoms with E-state index in [-0.39, 0.29) is 11.7 Å². The molecule has 0 spiro atoms. The molecule has 148 valence electrons. The van der Waals surface area contributed by atoms with E-state index in [1.165, 1.54) is 12.3 Å². The van der Waals surface area contributed by atoms with E-state index in [0.29, 0.717) is 17.1 Å². The Morgan fingerprint density at radius 2 is 1.72 bits per heavy atom. The first-order valence-corrected chi connectivity index (χ1v) is 9.13. The molecule has 2 N–H and O–H groups in total. The molecular formula is C23H22N2O4. The monoisotopic (exact) mass is 390 g/mol. The fraction of sp³-hybridized carbons (Fsp3) is 0.130. The topological polar surface area (TPSA) is 80.6 Å². The van der Waals surface area contributed by atoms with Gasteiger partial charge in [-0.2, -0.15) is 0 Å². The largest absolute Gasteiger partial charge is 0.497 e. The molecule has 0 saturated heterocycles. The van der Waals surface area contributed by atoms with Gasteiger partial charge in [-0.25, -0.2) is 0 Å². The standard InChI is InChI=1S/C23H22N2O4/c1-16(17-7-4-3-5-8-17)24-23(27)21(15-20-9-6-14-29-20)25-22(26)18-10-12-19(28-2)13-11-18/h3-16H,1-2H3,(H,24,27)(H,25,26)/b21-15-. The van der Waals surface area contributed by atoms with Crippen LogP contribution in [0.5, 0.6) is 5.75 Å². The van der Waals surface area contributed by atoms with E-state index >= 15 is 0 Å². The lowest BCUT2D eigenvalue weighted by atomic mass is 10.1. The highest BCUT2D eigenvalue weighted by molar-refractivity contribution is 6.05. The van der Waals surface area contributed by atoms with E-state index in [4.69, 9.17) is 9.15 Å². The van der Waals surface area contributed by atoms with Crippen molar-refractivity contribution in [2.45, 2.75) is 13.0 Å². The Hall–Kier alpha value is -3.80. The molecule has 1 unspecified atom stereocenters. The number of hydrogen-bond acceptors (Lipinski definition) is 4. The SMILES string of the molecule is COc1ccc(C(=O)N/C(=C\c2ccco2)C(=O)NC(C)c2ccccc2)cc1. The Labute approximate surface area is 169 Å². The van der Waals surface area contributed by atoms with Gasteiger partial charge >= 0.3 is 0 Å². The number of carbonyl (C=O) groups excluding carboxylic acids is 2. The van der Waals surface area contributed by atoms with Gasteiger partial charge in [0.05, 0.1) is 19.4 Å². The summed E-state index contributed by atoms with van der Waals surface area (Å²) >= 11 is 0. The maximum atomic E-state index is 12.9. The van der Waals surface area contributed by atoms with E-state index in [9.17, 15) is 9.59 Å². The van der Waals surface area contributed by atoms with Gasteiger partial charge in [0.1, 0.15) is 17.2 Å². The van der Waals surface area contributed by atoms with Crippen LogP contribution in [0.4, 0.5) is 0 Å². The van der Waals surface area contributed by atoms with Gasteiger partial charge < -0.3 is 19.8 Å². The Balaban J connectivity index is 1.79. The van der Waals surface area contributed by atoms with Crippen LogP contribution in [0.15, 0.2) is 83.1 Å². The van der Waals surface area contributed by atoms with Crippen molar-refractivity contribution in [3.63, 3.8) is 0 Å². The lowest BCUT2D eigenvalue weighted by molar-refractivity contribution is -0.118. The average Bonchev–Trinajstić information content (AvgIpc) is 3.27. The number of rotatable bonds is 7. The maximum absolute atomic E-state index is 12.9. The molecule has 6 heteroatoms. The molecule has 29 heavy (non-hydrogen) atoms. The summed E-state index contributed by atoms with van der Waals surface area (Å²) in [4.78, 5) is 25.5. The van der Waals surface area contributed by atoms with E-state index in [1.54, 1.807) is 43.5 Å². The van der Waals surface area contributed by atoms with E-state index in [0.717, 1.165) is 5.56 Å². The number of ether oxygens (including phenoxy) is 1. The molecule has 0 aliphatic heterocycles. The molecule has 2 aromatic carbocycles. The van der Waals surface area contributed by atoms with E-state index in [1.807, 2.05) is 37.3 Å². The fourth-order valence-electron chi connectivity index (χ4n) is 2.71. The number of nitrogens with one attached hydrogen (secondary N) is 2. The summed E-state index contributed by atoms with van der Waals surface area (Å²) in [5.41, 5.74) is 1.45. The minimum Gasteiger partial charge on any atom is -0.497 e. The van der Waals surface area contributed by atoms with Crippen molar-refractivity contribution < 1.29 is 18.7 Å². The fourth-order valence-corrected chi connectivity index (χ4v) is 2.71. The molecule has 0 radical (unpaired) electrons. The predicted octanol–water partition coefficient (Wildman–Crippen LogP) is 3.94. The molecule has 0 bridgehead atoms. The first-order chi connectivity index (χ1) is 14.1. The summed E-state index contributed by atoms with van der Waals surface area (Å²) in [6.07, 6.45) is 2.99. The zero-order chi connectivity index (χ0) is 20.6. The van der Waals surface area contributed by atoms with Gasteiger partial charge in [-0.1, -0.05) is 30.3 Å². The van der Waals surface area contributed by atoms with Crippen LogP contribution in [0, 0.1) is 0 Å². The minimum absolute atomic E-state index is 0.0866. The quantitative estimate of drug-likeness (QED) is 0.599. The summed E-state index contributed by atoms with van der Waals surface area (Å²) in [6.45, 7) is 1.88. The summed E-state index contributed by atoms with van der Waals surface area (Å²) in [7, 11) is 1.55. The van der Waals surface area contributed by atoms with Crippen LogP contribution in [0.3, 0.4) is 0 Å². The highest BCUT2D eigenvalue weighted by Gasteiger charge is 2.18. The highest BCUT2D eigenvalue weighted by atomic mass is 16.5. The third-order valence-corrected chi connectivity index (χ3v) is 4.32. The van der Waals surface area contributed by atoms with Gasteiger partial charge in [-0.15, -0.1) is 0 Å². The van der Waals surface area contributed by atoms with Crippen LogP contribution in [0.1, 0.15) is 34.6 Å². The molecule has 3 rings (SSSR count). The van der Waals surface area contributed by atoms with Gasteiger partial charge in [0.15, 0.2) is 0 Å². The second-order valence-electron chi connectivity index (χ2n) is 6.36. The molecule has 1 heterocycles. The van der Waals surface area contributed by atoms with Crippen molar-refractivity contribution in [3.8, 4) is 5.75 Å². The van der Waals surface area contributed by atoms with Crippen LogP contribution < -0.4 is 15.4 Å². The molecule has 0 saturated carbocycles. The second-order valence-corrected chi connectivity index (χ2v) is 6.36. The van der Waals surface area contributed by atoms with E-state index < -0.39 is 11.8 Å². The highest BCUT2D eigenvalue weighted by Crippen LogP contribution is 2.15. The minimum atomic E-state index is -0.417. The predicted molar refractivity (Wildman–Crippen MR) is 110 cm³/mol. The zero-order valence-corrected chi connectivity index (χ0v) is 16.2. The Bertz CT molecular complexity index is 977. The molecule has 0 aliphatic carbocycles. The third-order valence-electron chi connectivity index (χ3n) is 4.32. The molecule has 1 atom stereocenters. The maximum Gasteiger partial charge on any atom is 0.268 e. The molecular weight excluding hydrogens is 368 g/mol. The number of amides is 2. The van der Waals surface area contributed by atoms with Crippen LogP contribution in [-0.2, 0) is 4.79 Å². The van der Waals surface area contributed by atoms with Gasteiger partial charge in [-0.05, 0) is 48.9 Å². The first kappa shape index (κ1) is 19.9. The van der Waals surface area contributed by atoms with Gasteiger partial charge in [-0.3, -0.25) is 9.59 Å². The summed E-state index contributed by atoms with van der Waals surface area (Å²) in [5, 5.41) is 5.58. The van der Waals surface area contributed by atoms with Crippen molar-refractivity contribution in [3.05, 3.63) is 95.6 Å². The summed E-state index contributed by atoms with van der Waals surface area (Å²) in [6, 6.07) is 19.4. The number of furan rings is 1. The first-order valence-electron chi connectivity index (χ1n) is 9.13. The summed E-state index contributed by atoms with van der Waals surface area (Å²) in [5.74, 6) is 0.271. The Morgan fingerprint density at radius 3 is 2.34 bits per heavy atom. The number of methoxy groups -OCH3 is 1. The van der Waals surface area contributed by atoms with E-state index in [2.05, 4.69) is 10.6 Å².